The number of anilines is 1. The average Bonchev–Trinajstić information content (AvgIpc) is 2.74. The molecule has 3 aromatic rings. The summed E-state index contributed by atoms with van der Waals surface area (Å²) in [7, 11) is -2.40. The van der Waals surface area contributed by atoms with Crippen LogP contribution in [0.1, 0.15) is 5.56 Å². The summed E-state index contributed by atoms with van der Waals surface area (Å²) in [5.41, 5.74) is 1.28. The maximum Gasteiger partial charge on any atom is 0.243 e. The summed E-state index contributed by atoms with van der Waals surface area (Å²) in [4.78, 5) is 12.7. The van der Waals surface area contributed by atoms with Gasteiger partial charge in [-0.15, -0.1) is 0 Å². The molecule has 0 radical (unpaired) electrons. The first-order chi connectivity index (χ1) is 14.4. The maximum atomic E-state index is 13.2. The number of benzene rings is 3. The number of methoxy groups -OCH3 is 1. The Morgan fingerprint density at radius 3 is 2.37 bits per heavy atom. The number of nitrogens with one attached hydrogen (secondary N) is 1. The fraction of sp³-hybridized carbons (Fsp3) is 0.136. The molecule has 0 unspecified atom stereocenters. The molecule has 0 saturated heterocycles. The summed E-state index contributed by atoms with van der Waals surface area (Å²) in [6.45, 7) is -0.297. The van der Waals surface area contributed by atoms with E-state index in [2.05, 4.69) is 5.32 Å². The van der Waals surface area contributed by atoms with Crippen LogP contribution in [0.2, 0.25) is 5.02 Å². The van der Waals surface area contributed by atoms with Gasteiger partial charge in [-0.3, -0.25) is 4.79 Å². The van der Waals surface area contributed by atoms with Crippen LogP contribution in [-0.4, -0.2) is 32.3 Å². The number of hydrogen-bond acceptors (Lipinski definition) is 4. The van der Waals surface area contributed by atoms with Crippen molar-refractivity contribution in [2.45, 2.75) is 11.4 Å². The third kappa shape index (κ3) is 5.60. The highest BCUT2D eigenvalue weighted by Crippen LogP contribution is 2.21. The largest absolute Gasteiger partial charge is 0.497 e. The maximum absolute atomic E-state index is 13.2. The minimum Gasteiger partial charge on any atom is -0.497 e. The van der Waals surface area contributed by atoms with E-state index in [0.29, 0.717) is 16.5 Å². The molecular formula is C22H21ClN2O4S. The van der Waals surface area contributed by atoms with Crippen molar-refractivity contribution in [1.82, 2.24) is 4.31 Å². The van der Waals surface area contributed by atoms with Gasteiger partial charge in [0.1, 0.15) is 5.75 Å². The lowest BCUT2D eigenvalue weighted by Crippen LogP contribution is -2.37. The van der Waals surface area contributed by atoms with E-state index in [0.717, 1.165) is 9.87 Å². The molecule has 0 heterocycles. The van der Waals surface area contributed by atoms with Crippen molar-refractivity contribution in [3.63, 3.8) is 0 Å². The van der Waals surface area contributed by atoms with Crippen molar-refractivity contribution >= 4 is 33.2 Å². The summed E-state index contributed by atoms with van der Waals surface area (Å²) >= 11 is 5.89. The van der Waals surface area contributed by atoms with E-state index in [1.165, 1.54) is 31.4 Å². The standard InChI is InChI=1S/C22H21ClN2O4S/c1-29-20-9-5-8-19(14-20)24-22(26)16-25(15-17-6-3-2-4-7-17)30(27,28)21-12-10-18(23)11-13-21/h2-14H,15-16H2,1H3,(H,24,26). The Morgan fingerprint density at radius 2 is 1.70 bits per heavy atom. The second kappa shape index (κ2) is 9.75. The Labute approximate surface area is 181 Å². The zero-order chi connectivity index (χ0) is 21.6. The van der Waals surface area contributed by atoms with Crippen LogP contribution >= 0.6 is 11.6 Å². The number of sulfonamides is 1. The molecule has 8 heteroatoms. The number of halogens is 1. The summed E-state index contributed by atoms with van der Waals surface area (Å²) in [6.07, 6.45) is 0. The van der Waals surface area contributed by atoms with E-state index < -0.39 is 15.9 Å². The summed E-state index contributed by atoms with van der Waals surface area (Å²) in [6, 6.07) is 21.8. The molecule has 3 rings (SSSR count). The Hall–Kier alpha value is -2.87. The predicted octanol–water partition coefficient (Wildman–Crippen LogP) is 4.18. The van der Waals surface area contributed by atoms with Gasteiger partial charge in [-0.1, -0.05) is 48.0 Å². The van der Waals surface area contributed by atoms with E-state index in [9.17, 15) is 13.2 Å². The third-order valence-electron chi connectivity index (χ3n) is 4.33. The zero-order valence-corrected chi connectivity index (χ0v) is 17.9. The Balaban J connectivity index is 1.85. The smallest absolute Gasteiger partial charge is 0.243 e. The van der Waals surface area contributed by atoms with Crippen molar-refractivity contribution in [3.8, 4) is 5.75 Å². The first-order valence-corrected chi connectivity index (χ1v) is 10.9. The van der Waals surface area contributed by atoms with Crippen molar-refractivity contribution < 1.29 is 17.9 Å². The average molecular weight is 445 g/mol. The number of carbonyl (C=O) groups excluding carboxylic acids is 1. The molecule has 0 fully saturated rings. The minimum atomic E-state index is -3.93. The van der Waals surface area contributed by atoms with Crippen LogP contribution in [0.25, 0.3) is 0 Å². The van der Waals surface area contributed by atoms with E-state index in [1.807, 2.05) is 30.3 Å². The molecule has 0 saturated carbocycles. The number of rotatable bonds is 8. The lowest BCUT2D eigenvalue weighted by atomic mass is 10.2. The van der Waals surface area contributed by atoms with Crippen molar-refractivity contribution in [3.05, 3.63) is 89.4 Å². The quantitative estimate of drug-likeness (QED) is 0.565. The van der Waals surface area contributed by atoms with E-state index in [4.69, 9.17) is 16.3 Å². The minimum absolute atomic E-state index is 0.0529. The molecule has 3 aromatic carbocycles. The van der Waals surface area contributed by atoms with Crippen LogP contribution in [0.5, 0.6) is 5.75 Å². The number of carbonyl (C=O) groups is 1. The third-order valence-corrected chi connectivity index (χ3v) is 6.38. The van der Waals surface area contributed by atoms with Gasteiger partial charge in [0.25, 0.3) is 0 Å². The van der Waals surface area contributed by atoms with Gasteiger partial charge in [0.2, 0.25) is 15.9 Å². The van der Waals surface area contributed by atoms with Crippen molar-refractivity contribution in [1.29, 1.82) is 0 Å². The van der Waals surface area contributed by atoms with Gasteiger partial charge in [0, 0.05) is 23.3 Å². The zero-order valence-electron chi connectivity index (χ0n) is 16.3. The normalized spacial score (nSPS) is 11.3. The predicted molar refractivity (Wildman–Crippen MR) is 117 cm³/mol. The molecule has 1 amide bonds. The molecule has 0 aliphatic heterocycles. The first-order valence-electron chi connectivity index (χ1n) is 9.12. The number of ether oxygens (including phenoxy) is 1. The molecule has 0 aliphatic rings. The fourth-order valence-corrected chi connectivity index (χ4v) is 4.34. The first kappa shape index (κ1) is 21.8. The van der Waals surface area contributed by atoms with Crippen LogP contribution in [0.15, 0.2) is 83.8 Å². The highest BCUT2D eigenvalue weighted by Gasteiger charge is 2.27. The van der Waals surface area contributed by atoms with Crippen LogP contribution in [-0.2, 0) is 21.4 Å². The molecular weight excluding hydrogens is 424 g/mol. The van der Waals surface area contributed by atoms with Gasteiger partial charge in [0.15, 0.2) is 0 Å². The molecule has 156 valence electrons. The van der Waals surface area contributed by atoms with E-state index >= 15 is 0 Å². The molecule has 0 bridgehead atoms. The van der Waals surface area contributed by atoms with E-state index in [-0.39, 0.29) is 18.0 Å². The molecule has 0 aliphatic carbocycles. The highest BCUT2D eigenvalue weighted by atomic mass is 35.5. The topological polar surface area (TPSA) is 75.7 Å². The lowest BCUT2D eigenvalue weighted by Gasteiger charge is -2.22. The SMILES string of the molecule is COc1cccc(NC(=O)CN(Cc2ccccc2)S(=O)(=O)c2ccc(Cl)cc2)c1. The van der Waals surface area contributed by atoms with Crippen molar-refractivity contribution in [2.75, 3.05) is 19.0 Å². The second-order valence-electron chi connectivity index (χ2n) is 6.49. The summed E-state index contributed by atoms with van der Waals surface area (Å²) < 4.78 is 32.7. The van der Waals surface area contributed by atoms with Gasteiger partial charge in [-0.05, 0) is 42.0 Å². The Bertz CT molecular complexity index is 1100. The van der Waals surface area contributed by atoms with Gasteiger partial charge < -0.3 is 10.1 Å². The highest BCUT2D eigenvalue weighted by molar-refractivity contribution is 7.89. The summed E-state index contributed by atoms with van der Waals surface area (Å²) in [5, 5.41) is 3.15. The van der Waals surface area contributed by atoms with Crippen LogP contribution in [0.3, 0.4) is 0 Å². The molecule has 6 nitrogen and oxygen atoms in total. The van der Waals surface area contributed by atoms with E-state index in [1.54, 1.807) is 24.3 Å². The monoisotopic (exact) mass is 444 g/mol. The number of nitrogens with zero attached hydrogens (tertiary/aromatic N) is 1. The van der Waals surface area contributed by atoms with Crippen molar-refractivity contribution in [2.24, 2.45) is 0 Å². The van der Waals surface area contributed by atoms with Gasteiger partial charge in [-0.25, -0.2) is 8.42 Å². The lowest BCUT2D eigenvalue weighted by molar-refractivity contribution is -0.116. The second-order valence-corrected chi connectivity index (χ2v) is 8.87. The van der Waals surface area contributed by atoms with Gasteiger partial charge in [0.05, 0.1) is 18.6 Å². The summed E-state index contributed by atoms with van der Waals surface area (Å²) in [5.74, 6) is 0.124. The number of hydrogen-bond donors (Lipinski definition) is 1. The molecule has 1 N–H and O–H groups in total. The molecule has 30 heavy (non-hydrogen) atoms. The fourth-order valence-electron chi connectivity index (χ4n) is 2.83. The molecule has 0 atom stereocenters. The number of amides is 1. The Kier molecular flexibility index (Phi) is 7.10. The van der Waals surface area contributed by atoms with Crippen LogP contribution < -0.4 is 10.1 Å². The molecule has 0 spiro atoms. The van der Waals surface area contributed by atoms with Gasteiger partial charge >= 0.3 is 0 Å². The van der Waals surface area contributed by atoms with Crippen LogP contribution in [0.4, 0.5) is 5.69 Å². The molecule has 0 aromatic heterocycles. The van der Waals surface area contributed by atoms with Crippen LogP contribution in [0, 0.1) is 0 Å². The van der Waals surface area contributed by atoms with Gasteiger partial charge in [-0.2, -0.15) is 4.31 Å². The Morgan fingerprint density at radius 1 is 1.00 bits per heavy atom.